The number of hydrogen-bond acceptors (Lipinski definition) is 3. The summed E-state index contributed by atoms with van der Waals surface area (Å²) >= 11 is 0. The van der Waals surface area contributed by atoms with E-state index >= 15 is 0 Å². The number of rotatable bonds is 6. The molecule has 1 N–H and O–H groups in total. The highest BCUT2D eigenvalue weighted by Crippen LogP contribution is 2.12. The summed E-state index contributed by atoms with van der Waals surface area (Å²) in [5.41, 5.74) is 1.74. The average molecular weight is 265 g/mol. The Balaban J connectivity index is 2.60. The Morgan fingerprint density at radius 3 is 2.42 bits per heavy atom. The van der Waals surface area contributed by atoms with Crippen molar-refractivity contribution >= 4 is 11.7 Å². The molecule has 0 saturated carbocycles. The highest BCUT2D eigenvalue weighted by molar-refractivity contribution is 6.43. The van der Waals surface area contributed by atoms with E-state index in [4.69, 9.17) is 0 Å². The summed E-state index contributed by atoms with van der Waals surface area (Å²) < 4.78 is 1.62. The lowest BCUT2D eigenvalue weighted by Gasteiger charge is -2.06. The molecular formula is C14H23N3O2. The van der Waals surface area contributed by atoms with Crippen LogP contribution in [-0.2, 0) is 11.8 Å². The van der Waals surface area contributed by atoms with Crippen LogP contribution in [0.1, 0.15) is 48.4 Å². The second kappa shape index (κ2) is 6.50. The quantitative estimate of drug-likeness (QED) is 0.484. The van der Waals surface area contributed by atoms with Gasteiger partial charge in [-0.3, -0.25) is 14.3 Å². The monoisotopic (exact) mass is 265 g/mol. The normalized spacial score (nSPS) is 10.8. The Kier molecular flexibility index (Phi) is 5.27. The molecule has 5 heteroatoms. The van der Waals surface area contributed by atoms with Crippen molar-refractivity contribution in [3.05, 3.63) is 17.0 Å². The predicted octanol–water partition coefficient (Wildman–Crippen LogP) is 1.77. The topological polar surface area (TPSA) is 64.0 Å². The number of ketones is 1. The lowest BCUT2D eigenvalue weighted by atomic mass is 10.1. The number of aromatic nitrogens is 2. The van der Waals surface area contributed by atoms with Gasteiger partial charge in [0.15, 0.2) is 0 Å². The molecule has 0 aliphatic heterocycles. The van der Waals surface area contributed by atoms with Crippen LogP contribution in [0.3, 0.4) is 0 Å². The maximum absolute atomic E-state index is 12.1. The van der Waals surface area contributed by atoms with Gasteiger partial charge in [-0.25, -0.2) is 0 Å². The first kappa shape index (κ1) is 15.4. The third kappa shape index (κ3) is 3.91. The van der Waals surface area contributed by atoms with Crippen molar-refractivity contribution in [2.24, 2.45) is 13.0 Å². The van der Waals surface area contributed by atoms with Crippen molar-refractivity contribution in [3.63, 3.8) is 0 Å². The van der Waals surface area contributed by atoms with Gasteiger partial charge in [0.05, 0.1) is 11.3 Å². The summed E-state index contributed by atoms with van der Waals surface area (Å²) in [4.78, 5) is 23.9. The SMILES string of the molecule is Cc1nn(C)c(C)c1C(=O)C(=O)NCCCC(C)C. The third-order valence-electron chi connectivity index (χ3n) is 3.19. The largest absolute Gasteiger partial charge is 0.349 e. The molecule has 0 aliphatic carbocycles. The molecule has 0 fully saturated rings. The molecule has 0 spiro atoms. The zero-order valence-corrected chi connectivity index (χ0v) is 12.4. The summed E-state index contributed by atoms with van der Waals surface area (Å²) in [6.07, 6.45) is 1.93. The van der Waals surface area contributed by atoms with E-state index in [9.17, 15) is 9.59 Å². The van der Waals surface area contributed by atoms with E-state index in [2.05, 4.69) is 24.3 Å². The fourth-order valence-corrected chi connectivity index (χ4v) is 2.01. The van der Waals surface area contributed by atoms with Gasteiger partial charge < -0.3 is 5.32 Å². The number of aryl methyl sites for hydroxylation is 2. The first-order chi connectivity index (χ1) is 8.84. The molecule has 0 atom stereocenters. The summed E-state index contributed by atoms with van der Waals surface area (Å²) in [7, 11) is 1.76. The lowest BCUT2D eigenvalue weighted by molar-refractivity contribution is -0.117. The predicted molar refractivity (Wildman–Crippen MR) is 74.1 cm³/mol. The number of Topliss-reactive ketones (excluding diaryl/α,β-unsaturated/α-hetero) is 1. The van der Waals surface area contributed by atoms with E-state index in [1.54, 1.807) is 25.6 Å². The number of hydrogen-bond donors (Lipinski definition) is 1. The van der Waals surface area contributed by atoms with E-state index in [0.29, 0.717) is 23.7 Å². The van der Waals surface area contributed by atoms with Crippen LogP contribution in [0.5, 0.6) is 0 Å². The van der Waals surface area contributed by atoms with Gasteiger partial charge in [0.1, 0.15) is 0 Å². The Morgan fingerprint density at radius 1 is 1.32 bits per heavy atom. The molecule has 0 bridgehead atoms. The van der Waals surface area contributed by atoms with Gasteiger partial charge in [0, 0.05) is 19.3 Å². The number of carbonyl (C=O) groups is 2. The van der Waals surface area contributed by atoms with Crippen LogP contribution in [0.25, 0.3) is 0 Å². The van der Waals surface area contributed by atoms with Crippen molar-refractivity contribution in [2.45, 2.75) is 40.5 Å². The van der Waals surface area contributed by atoms with Crippen LogP contribution in [0.4, 0.5) is 0 Å². The highest BCUT2D eigenvalue weighted by Gasteiger charge is 2.23. The van der Waals surface area contributed by atoms with Crippen LogP contribution in [0, 0.1) is 19.8 Å². The molecule has 5 nitrogen and oxygen atoms in total. The third-order valence-corrected chi connectivity index (χ3v) is 3.19. The minimum atomic E-state index is -0.539. The standard InChI is InChI=1S/C14H23N3O2/c1-9(2)7-6-8-15-14(19)13(18)12-10(3)16-17(5)11(12)4/h9H,6-8H2,1-5H3,(H,15,19). The number of nitrogens with one attached hydrogen (secondary N) is 1. The van der Waals surface area contributed by atoms with Crippen molar-refractivity contribution in [3.8, 4) is 0 Å². The zero-order chi connectivity index (χ0) is 14.6. The molecule has 0 aromatic carbocycles. The van der Waals surface area contributed by atoms with Gasteiger partial charge >= 0.3 is 0 Å². The maximum atomic E-state index is 12.1. The van der Waals surface area contributed by atoms with Gasteiger partial charge in [-0.15, -0.1) is 0 Å². The van der Waals surface area contributed by atoms with Crippen LogP contribution in [-0.4, -0.2) is 28.0 Å². The van der Waals surface area contributed by atoms with E-state index in [0.717, 1.165) is 18.5 Å². The van der Waals surface area contributed by atoms with E-state index in [1.807, 2.05) is 0 Å². The van der Waals surface area contributed by atoms with Gasteiger partial charge in [0.2, 0.25) is 0 Å². The van der Waals surface area contributed by atoms with Gasteiger partial charge in [-0.2, -0.15) is 5.10 Å². The van der Waals surface area contributed by atoms with Crippen molar-refractivity contribution < 1.29 is 9.59 Å². The molecule has 0 saturated heterocycles. The van der Waals surface area contributed by atoms with Gasteiger partial charge in [-0.05, 0) is 32.6 Å². The van der Waals surface area contributed by atoms with Crippen LogP contribution < -0.4 is 5.32 Å². The Morgan fingerprint density at radius 2 is 1.95 bits per heavy atom. The molecule has 0 aliphatic rings. The minimum Gasteiger partial charge on any atom is -0.349 e. The first-order valence-electron chi connectivity index (χ1n) is 6.67. The maximum Gasteiger partial charge on any atom is 0.292 e. The van der Waals surface area contributed by atoms with Crippen molar-refractivity contribution in [2.75, 3.05) is 6.54 Å². The second-order valence-corrected chi connectivity index (χ2v) is 5.29. The second-order valence-electron chi connectivity index (χ2n) is 5.29. The smallest absolute Gasteiger partial charge is 0.292 e. The van der Waals surface area contributed by atoms with Crippen LogP contribution in [0.15, 0.2) is 0 Å². The first-order valence-corrected chi connectivity index (χ1v) is 6.67. The van der Waals surface area contributed by atoms with E-state index in [1.165, 1.54) is 0 Å². The van der Waals surface area contributed by atoms with E-state index < -0.39 is 11.7 Å². The average Bonchev–Trinajstić information content (AvgIpc) is 2.57. The number of amides is 1. The molecule has 1 aromatic rings. The van der Waals surface area contributed by atoms with Crippen LogP contribution >= 0.6 is 0 Å². The fourth-order valence-electron chi connectivity index (χ4n) is 2.01. The van der Waals surface area contributed by atoms with Gasteiger partial charge in [-0.1, -0.05) is 13.8 Å². The Labute approximate surface area is 114 Å². The number of nitrogens with zero attached hydrogens (tertiary/aromatic N) is 2. The molecule has 0 radical (unpaired) electrons. The summed E-state index contributed by atoms with van der Waals surface area (Å²) in [6, 6.07) is 0. The fraction of sp³-hybridized carbons (Fsp3) is 0.643. The van der Waals surface area contributed by atoms with Gasteiger partial charge in [0.25, 0.3) is 11.7 Å². The lowest BCUT2D eigenvalue weighted by Crippen LogP contribution is -2.32. The molecule has 1 aromatic heterocycles. The molecule has 1 rings (SSSR count). The highest BCUT2D eigenvalue weighted by atomic mass is 16.2. The van der Waals surface area contributed by atoms with Crippen LogP contribution in [0.2, 0.25) is 0 Å². The number of carbonyl (C=O) groups excluding carboxylic acids is 2. The molecule has 0 unspecified atom stereocenters. The molecule has 1 amide bonds. The van der Waals surface area contributed by atoms with E-state index in [-0.39, 0.29) is 0 Å². The molecule has 1 heterocycles. The summed E-state index contributed by atoms with van der Waals surface area (Å²) in [5, 5.41) is 6.82. The van der Waals surface area contributed by atoms with Crippen molar-refractivity contribution in [1.29, 1.82) is 0 Å². The minimum absolute atomic E-state index is 0.420. The summed E-state index contributed by atoms with van der Waals surface area (Å²) in [5.74, 6) is -0.425. The Hall–Kier alpha value is -1.65. The molecule has 106 valence electrons. The zero-order valence-electron chi connectivity index (χ0n) is 12.4. The molecular weight excluding hydrogens is 242 g/mol. The van der Waals surface area contributed by atoms with Crippen molar-refractivity contribution in [1.82, 2.24) is 15.1 Å². The summed E-state index contributed by atoms with van der Waals surface area (Å²) in [6.45, 7) is 8.34. The molecule has 19 heavy (non-hydrogen) atoms. The Bertz CT molecular complexity index is 475.